The van der Waals surface area contributed by atoms with E-state index in [4.69, 9.17) is 25.8 Å². The minimum absolute atomic E-state index is 0.0841. The highest BCUT2D eigenvalue weighted by atomic mass is 35.5. The van der Waals surface area contributed by atoms with E-state index in [9.17, 15) is 19.5 Å². The molecule has 1 aromatic carbocycles. The Morgan fingerprint density at radius 1 is 1.21 bits per heavy atom. The van der Waals surface area contributed by atoms with Crippen molar-refractivity contribution in [2.24, 2.45) is 17.8 Å². The van der Waals surface area contributed by atoms with Crippen LogP contribution in [-0.2, 0) is 23.8 Å². The van der Waals surface area contributed by atoms with Crippen LogP contribution in [0.1, 0.15) is 30.5 Å². The number of likely N-dealkylation sites (tertiary alicyclic amines) is 1. The zero-order valence-corrected chi connectivity index (χ0v) is 22.4. The van der Waals surface area contributed by atoms with Crippen molar-refractivity contribution >= 4 is 41.2 Å². The third-order valence-electron chi connectivity index (χ3n) is 7.67. The number of aromatic hydroxyl groups is 1. The van der Waals surface area contributed by atoms with E-state index in [2.05, 4.69) is 4.98 Å². The lowest BCUT2D eigenvalue weighted by molar-refractivity contribution is -0.137. The lowest BCUT2D eigenvalue weighted by Gasteiger charge is -2.31. The first-order valence-corrected chi connectivity index (χ1v) is 13.1. The third-order valence-corrected chi connectivity index (χ3v) is 7.99. The van der Waals surface area contributed by atoms with Crippen molar-refractivity contribution in [2.75, 3.05) is 27.4 Å². The molecule has 3 amide bonds. The van der Waals surface area contributed by atoms with Crippen LogP contribution in [0.3, 0.4) is 0 Å². The van der Waals surface area contributed by atoms with Gasteiger partial charge in [-0.05, 0) is 78.0 Å². The van der Waals surface area contributed by atoms with Gasteiger partial charge in [-0.25, -0.2) is 4.79 Å². The second-order valence-corrected chi connectivity index (χ2v) is 10.3. The van der Waals surface area contributed by atoms with Gasteiger partial charge in [0.2, 0.25) is 11.8 Å². The molecule has 0 spiro atoms. The number of halogens is 1. The first kappa shape index (κ1) is 27.1. The maximum absolute atomic E-state index is 13.2. The van der Waals surface area contributed by atoms with E-state index >= 15 is 0 Å². The first-order valence-electron chi connectivity index (χ1n) is 12.7. The molecule has 3 heterocycles. The molecule has 2 fully saturated rings. The molecule has 1 aromatic heterocycles. The smallest absolute Gasteiger partial charge is 0.423 e. The van der Waals surface area contributed by atoms with Gasteiger partial charge < -0.3 is 19.3 Å². The number of aromatic nitrogens is 1. The summed E-state index contributed by atoms with van der Waals surface area (Å²) in [5.74, 6) is -2.60. The van der Waals surface area contributed by atoms with Crippen LogP contribution in [0.5, 0.6) is 5.75 Å². The van der Waals surface area contributed by atoms with Crippen molar-refractivity contribution in [2.45, 2.75) is 25.4 Å². The van der Waals surface area contributed by atoms with Crippen LogP contribution in [-0.4, -0.2) is 66.4 Å². The number of fused-ring (bicyclic) bond motifs is 3. The van der Waals surface area contributed by atoms with Crippen LogP contribution in [0, 0.1) is 17.8 Å². The normalized spacial score (nSPS) is 24.7. The molecular formula is C29H29ClN2O7. The maximum Gasteiger partial charge on any atom is 0.423 e. The van der Waals surface area contributed by atoms with Crippen LogP contribution < -0.4 is 0 Å². The molecule has 2 saturated heterocycles. The van der Waals surface area contributed by atoms with E-state index in [0.717, 1.165) is 35.1 Å². The van der Waals surface area contributed by atoms with E-state index in [1.807, 2.05) is 24.3 Å². The molecule has 0 unspecified atom stereocenters. The van der Waals surface area contributed by atoms with E-state index in [-0.39, 0.29) is 24.4 Å². The molecule has 9 nitrogen and oxygen atoms in total. The summed E-state index contributed by atoms with van der Waals surface area (Å²) in [5, 5.41) is 10.2. The number of rotatable bonds is 7. The number of pyridine rings is 1. The summed E-state index contributed by atoms with van der Waals surface area (Å²) in [6.07, 6.45) is 3.93. The predicted octanol–water partition coefficient (Wildman–Crippen LogP) is 4.49. The van der Waals surface area contributed by atoms with Crippen molar-refractivity contribution < 1.29 is 33.7 Å². The molecule has 2 aromatic rings. The number of nitrogens with zero attached hydrogens (tertiary/aromatic N) is 2. The van der Waals surface area contributed by atoms with Gasteiger partial charge in [0.05, 0.1) is 49.0 Å². The van der Waals surface area contributed by atoms with Gasteiger partial charge in [-0.1, -0.05) is 17.7 Å². The third kappa shape index (κ3) is 5.09. The zero-order chi connectivity index (χ0) is 27.7. The zero-order valence-electron chi connectivity index (χ0n) is 21.6. The van der Waals surface area contributed by atoms with E-state index in [0.29, 0.717) is 35.8 Å². The van der Waals surface area contributed by atoms with Crippen molar-refractivity contribution in [3.05, 3.63) is 70.0 Å². The predicted molar refractivity (Wildman–Crippen MR) is 142 cm³/mol. The Morgan fingerprint density at radius 2 is 2.03 bits per heavy atom. The number of amides is 3. The van der Waals surface area contributed by atoms with Crippen LogP contribution in [0.2, 0.25) is 5.02 Å². The Hall–Kier alpha value is -3.53. The van der Waals surface area contributed by atoms with Gasteiger partial charge >= 0.3 is 6.09 Å². The lowest BCUT2D eigenvalue weighted by Crippen LogP contribution is -2.38. The molecule has 4 atom stereocenters. The number of hydrogen-bond acceptors (Lipinski definition) is 8. The minimum Gasteiger partial charge on any atom is -0.508 e. The number of carbonyl (C=O) groups excluding carboxylic acids is 3. The maximum atomic E-state index is 13.2. The number of phenolic OH excluding ortho intramolecular Hbond substituents is 1. The number of ether oxygens (including phenoxy) is 3. The van der Waals surface area contributed by atoms with E-state index in [1.54, 1.807) is 25.4 Å². The van der Waals surface area contributed by atoms with Gasteiger partial charge in [-0.3, -0.25) is 14.6 Å². The number of benzene rings is 1. The van der Waals surface area contributed by atoms with Crippen molar-refractivity contribution in [1.29, 1.82) is 0 Å². The Morgan fingerprint density at radius 3 is 2.72 bits per heavy atom. The molecule has 0 radical (unpaired) electrons. The average Bonchev–Trinajstić information content (AvgIpc) is 3.46. The summed E-state index contributed by atoms with van der Waals surface area (Å²) < 4.78 is 16.4. The standard InChI is InChI=1S/C29H29ClN2O7/c1-37-14-18-12-20-26(28(35)32(27(20)34)29(36)38-2)21-15-39-24(25(18)21)9-7-17(23-5-3-4-10-31-23)11-16-6-8-19(33)13-22(16)30/h3-6,8,10-11,13,20-21,24,26,33H,7,9,12,14-15H2,1-2H3/b17-11-/t20-,21+,24-,26-/m1/s1. The van der Waals surface area contributed by atoms with Crippen molar-refractivity contribution in [3.8, 4) is 5.75 Å². The monoisotopic (exact) mass is 552 g/mol. The molecule has 2 aliphatic heterocycles. The van der Waals surface area contributed by atoms with Crippen LogP contribution in [0.25, 0.3) is 11.6 Å². The van der Waals surface area contributed by atoms with Gasteiger partial charge in [0.25, 0.3) is 0 Å². The second kappa shape index (κ2) is 11.3. The molecule has 1 aliphatic carbocycles. The molecule has 0 bridgehead atoms. The highest BCUT2D eigenvalue weighted by Gasteiger charge is 2.58. The van der Waals surface area contributed by atoms with Crippen LogP contribution >= 0.6 is 11.6 Å². The summed E-state index contributed by atoms with van der Waals surface area (Å²) in [7, 11) is 2.74. The summed E-state index contributed by atoms with van der Waals surface area (Å²) in [4.78, 5) is 43.6. The minimum atomic E-state index is -0.956. The Labute approximate surface area is 231 Å². The van der Waals surface area contributed by atoms with Gasteiger partial charge in [0.1, 0.15) is 5.75 Å². The average molecular weight is 553 g/mol. The summed E-state index contributed by atoms with van der Waals surface area (Å²) in [6.45, 7) is 0.579. The number of phenols is 1. The molecule has 39 heavy (non-hydrogen) atoms. The molecule has 10 heteroatoms. The summed E-state index contributed by atoms with van der Waals surface area (Å²) >= 11 is 6.39. The topological polar surface area (TPSA) is 115 Å². The van der Waals surface area contributed by atoms with E-state index in [1.165, 1.54) is 6.07 Å². The number of imide groups is 3. The van der Waals surface area contributed by atoms with Gasteiger partial charge in [-0.15, -0.1) is 0 Å². The number of allylic oxidation sites excluding steroid dienone is 1. The molecule has 204 valence electrons. The van der Waals surface area contributed by atoms with Crippen molar-refractivity contribution in [3.63, 3.8) is 0 Å². The molecule has 0 saturated carbocycles. The van der Waals surface area contributed by atoms with Gasteiger partial charge in [0.15, 0.2) is 0 Å². The van der Waals surface area contributed by atoms with Crippen LogP contribution in [0.4, 0.5) is 4.79 Å². The molecular weight excluding hydrogens is 524 g/mol. The number of hydrogen-bond donors (Lipinski definition) is 1. The number of carbonyl (C=O) groups is 3. The van der Waals surface area contributed by atoms with Crippen LogP contribution in [0.15, 0.2) is 53.7 Å². The Kier molecular flexibility index (Phi) is 7.83. The Balaban J connectivity index is 1.44. The van der Waals surface area contributed by atoms with Gasteiger partial charge in [0, 0.05) is 19.2 Å². The molecule has 5 rings (SSSR count). The molecule has 1 N–H and O–H groups in total. The quantitative estimate of drug-likeness (QED) is 0.394. The second-order valence-electron chi connectivity index (χ2n) is 9.87. The Bertz CT molecular complexity index is 1360. The first-order chi connectivity index (χ1) is 18.8. The summed E-state index contributed by atoms with van der Waals surface area (Å²) in [6, 6.07) is 10.5. The largest absolute Gasteiger partial charge is 0.508 e. The molecule has 3 aliphatic rings. The highest BCUT2D eigenvalue weighted by Crippen LogP contribution is 2.50. The summed E-state index contributed by atoms with van der Waals surface area (Å²) in [5.41, 5.74) is 4.38. The highest BCUT2D eigenvalue weighted by molar-refractivity contribution is 6.32. The fraction of sp³-hybridized carbons (Fsp3) is 0.379. The lowest BCUT2D eigenvalue weighted by atomic mass is 9.69. The van der Waals surface area contributed by atoms with Crippen molar-refractivity contribution in [1.82, 2.24) is 9.88 Å². The fourth-order valence-electron chi connectivity index (χ4n) is 5.99. The van der Waals surface area contributed by atoms with Gasteiger partial charge in [-0.2, -0.15) is 4.90 Å². The fourth-order valence-corrected chi connectivity index (χ4v) is 6.21. The van der Waals surface area contributed by atoms with E-state index < -0.39 is 29.7 Å². The SMILES string of the molecule is COCC1=C2[C@@H](CC/C(=C/c3ccc(O)cc3Cl)c3ccccn3)OC[C@@H]2[C@@H]2C(=O)N(C(=O)OC)C(=O)[C@@H]2C1. The number of methoxy groups -OCH3 is 2.